The molecule has 0 unspecified atom stereocenters. The van der Waals surface area contributed by atoms with Crippen molar-refractivity contribution >= 4 is 0 Å². The largest absolute Gasteiger partial charge is 0.325 e. The molecular weight excluding hydrogens is 86.1 g/mol. The highest BCUT2D eigenvalue weighted by Gasteiger charge is 2.53. The fourth-order valence-electron chi connectivity index (χ4n) is 1.77. The zero-order valence-corrected chi connectivity index (χ0v) is 4.48. The quantitative estimate of drug-likeness (QED) is 0.477. The SMILES string of the molecule is N[C@@]12CCC[C@H]1C2. The van der Waals surface area contributed by atoms with E-state index in [0.29, 0.717) is 5.54 Å². The van der Waals surface area contributed by atoms with Gasteiger partial charge in [-0.15, -0.1) is 0 Å². The van der Waals surface area contributed by atoms with Crippen molar-refractivity contribution in [2.45, 2.75) is 31.2 Å². The van der Waals surface area contributed by atoms with Crippen molar-refractivity contribution in [2.24, 2.45) is 11.7 Å². The maximum absolute atomic E-state index is 5.85. The van der Waals surface area contributed by atoms with E-state index in [-0.39, 0.29) is 0 Å². The molecular formula is C6H11N. The first-order valence-electron chi connectivity index (χ1n) is 3.10. The molecule has 2 atom stereocenters. The third kappa shape index (κ3) is 0.367. The van der Waals surface area contributed by atoms with Crippen LogP contribution in [0.15, 0.2) is 0 Å². The Labute approximate surface area is 43.9 Å². The van der Waals surface area contributed by atoms with Gasteiger partial charge in [0, 0.05) is 5.54 Å². The van der Waals surface area contributed by atoms with Crippen molar-refractivity contribution < 1.29 is 0 Å². The van der Waals surface area contributed by atoms with Crippen LogP contribution in [0.5, 0.6) is 0 Å². The minimum atomic E-state index is 0.361. The molecule has 2 fully saturated rings. The average molecular weight is 97.2 g/mol. The highest BCUT2D eigenvalue weighted by atomic mass is 14.9. The van der Waals surface area contributed by atoms with E-state index < -0.39 is 0 Å². The van der Waals surface area contributed by atoms with Gasteiger partial charge in [0.25, 0.3) is 0 Å². The van der Waals surface area contributed by atoms with Gasteiger partial charge in [0.15, 0.2) is 0 Å². The summed E-state index contributed by atoms with van der Waals surface area (Å²) in [6, 6.07) is 0. The monoisotopic (exact) mass is 97.1 g/mol. The van der Waals surface area contributed by atoms with Crippen LogP contribution in [0.4, 0.5) is 0 Å². The molecule has 2 aliphatic carbocycles. The van der Waals surface area contributed by atoms with Crippen LogP contribution in [-0.4, -0.2) is 5.54 Å². The van der Waals surface area contributed by atoms with Gasteiger partial charge in [-0.05, 0) is 25.2 Å². The maximum atomic E-state index is 5.85. The molecule has 2 saturated carbocycles. The Morgan fingerprint density at radius 1 is 1.57 bits per heavy atom. The van der Waals surface area contributed by atoms with Crippen molar-refractivity contribution in [1.82, 2.24) is 0 Å². The molecule has 0 radical (unpaired) electrons. The van der Waals surface area contributed by atoms with Crippen LogP contribution in [0.25, 0.3) is 0 Å². The number of hydrogen-bond acceptors (Lipinski definition) is 1. The molecule has 40 valence electrons. The molecule has 0 aromatic carbocycles. The topological polar surface area (TPSA) is 26.0 Å². The summed E-state index contributed by atoms with van der Waals surface area (Å²) in [7, 11) is 0. The normalized spacial score (nSPS) is 57.0. The fraction of sp³-hybridized carbons (Fsp3) is 1.00. The van der Waals surface area contributed by atoms with Gasteiger partial charge in [0.2, 0.25) is 0 Å². The van der Waals surface area contributed by atoms with Gasteiger partial charge in [-0.1, -0.05) is 6.42 Å². The molecule has 7 heavy (non-hydrogen) atoms. The molecule has 0 bridgehead atoms. The molecule has 0 aliphatic heterocycles. The number of fused-ring (bicyclic) bond motifs is 1. The lowest BCUT2D eigenvalue weighted by atomic mass is 10.2. The zero-order valence-electron chi connectivity index (χ0n) is 4.48. The van der Waals surface area contributed by atoms with Gasteiger partial charge < -0.3 is 5.73 Å². The van der Waals surface area contributed by atoms with Gasteiger partial charge in [-0.25, -0.2) is 0 Å². The van der Waals surface area contributed by atoms with E-state index in [9.17, 15) is 0 Å². The molecule has 2 N–H and O–H groups in total. The van der Waals surface area contributed by atoms with E-state index in [1.807, 2.05) is 0 Å². The van der Waals surface area contributed by atoms with Gasteiger partial charge in [-0.2, -0.15) is 0 Å². The minimum Gasteiger partial charge on any atom is -0.325 e. The highest BCUT2D eigenvalue weighted by Crippen LogP contribution is 2.53. The van der Waals surface area contributed by atoms with E-state index >= 15 is 0 Å². The van der Waals surface area contributed by atoms with Crippen LogP contribution in [0, 0.1) is 5.92 Å². The first-order valence-corrected chi connectivity index (χ1v) is 3.10. The average Bonchev–Trinajstić information content (AvgIpc) is 2.09. The van der Waals surface area contributed by atoms with Crippen LogP contribution >= 0.6 is 0 Å². The second-order valence-electron chi connectivity index (χ2n) is 3.03. The molecule has 0 aromatic rings. The van der Waals surface area contributed by atoms with Crippen LogP contribution in [-0.2, 0) is 0 Å². The third-order valence-corrected chi connectivity index (χ3v) is 2.47. The van der Waals surface area contributed by atoms with Crippen molar-refractivity contribution in [3.05, 3.63) is 0 Å². The summed E-state index contributed by atoms with van der Waals surface area (Å²) in [5.41, 5.74) is 6.21. The first-order chi connectivity index (χ1) is 3.31. The predicted molar refractivity (Wildman–Crippen MR) is 28.9 cm³/mol. The predicted octanol–water partition coefficient (Wildman–Crippen LogP) is 0.888. The summed E-state index contributed by atoms with van der Waals surface area (Å²) in [4.78, 5) is 0. The Balaban J connectivity index is 2.17. The van der Waals surface area contributed by atoms with Gasteiger partial charge >= 0.3 is 0 Å². The summed E-state index contributed by atoms with van der Waals surface area (Å²) in [5, 5.41) is 0. The molecule has 1 heteroatoms. The van der Waals surface area contributed by atoms with E-state index in [4.69, 9.17) is 5.73 Å². The second-order valence-corrected chi connectivity index (χ2v) is 3.03. The van der Waals surface area contributed by atoms with Crippen LogP contribution in [0.1, 0.15) is 25.7 Å². The van der Waals surface area contributed by atoms with Gasteiger partial charge in [-0.3, -0.25) is 0 Å². The van der Waals surface area contributed by atoms with Crippen LogP contribution in [0.2, 0.25) is 0 Å². The summed E-state index contributed by atoms with van der Waals surface area (Å²) < 4.78 is 0. The van der Waals surface area contributed by atoms with E-state index in [0.717, 1.165) is 5.92 Å². The molecule has 0 amide bonds. The molecule has 0 saturated heterocycles. The van der Waals surface area contributed by atoms with Gasteiger partial charge in [0.1, 0.15) is 0 Å². The molecule has 2 aliphatic rings. The smallest absolute Gasteiger partial charge is 0.0186 e. The first kappa shape index (κ1) is 3.90. The Morgan fingerprint density at radius 2 is 2.43 bits per heavy atom. The summed E-state index contributed by atoms with van der Waals surface area (Å²) in [5.74, 6) is 0.937. The second kappa shape index (κ2) is 0.873. The van der Waals surface area contributed by atoms with Crippen molar-refractivity contribution in [3.63, 3.8) is 0 Å². The van der Waals surface area contributed by atoms with Gasteiger partial charge in [0.05, 0.1) is 0 Å². The lowest BCUT2D eigenvalue weighted by Gasteiger charge is -1.97. The number of rotatable bonds is 0. The number of nitrogens with two attached hydrogens (primary N) is 1. The van der Waals surface area contributed by atoms with E-state index in [2.05, 4.69) is 0 Å². The minimum absolute atomic E-state index is 0.361. The maximum Gasteiger partial charge on any atom is 0.0186 e. The standard InChI is InChI=1S/C6H11N/c7-6-3-1-2-5(6)4-6/h5H,1-4,7H2/t5-,6+/m0/s1. The van der Waals surface area contributed by atoms with E-state index in [1.165, 1.54) is 25.7 Å². The highest BCUT2D eigenvalue weighted by molar-refractivity contribution is 5.11. The zero-order chi connectivity index (χ0) is 4.91. The number of hydrogen-bond donors (Lipinski definition) is 1. The molecule has 0 aromatic heterocycles. The lowest BCUT2D eigenvalue weighted by molar-refractivity contribution is 0.645. The van der Waals surface area contributed by atoms with Crippen LogP contribution < -0.4 is 5.73 Å². The van der Waals surface area contributed by atoms with E-state index in [1.54, 1.807) is 0 Å². The molecule has 0 spiro atoms. The Kier molecular flexibility index (Phi) is 0.487. The van der Waals surface area contributed by atoms with Crippen molar-refractivity contribution in [2.75, 3.05) is 0 Å². The Bertz CT molecular complexity index is 98.4. The summed E-state index contributed by atoms with van der Waals surface area (Å²) in [6.45, 7) is 0. The van der Waals surface area contributed by atoms with Crippen molar-refractivity contribution in [1.29, 1.82) is 0 Å². The summed E-state index contributed by atoms with van der Waals surface area (Å²) >= 11 is 0. The third-order valence-electron chi connectivity index (χ3n) is 2.47. The summed E-state index contributed by atoms with van der Waals surface area (Å²) in [6.07, 6.45) is 5.43. The molecule has 0 heterocycles. The molecule has 2 rings (SSSR count). The molecule has 1 nitrogen and oxygen atoms in total. The Hall–Kier alpha value is -0.0400. The lowest BCUT2D eigenvalue weighted by Crippen LogP contribution is -2.20. The fourth-order valence-corrected chi connectivity index (χ4v) is 1.77. The Morgan fingerprint density at radius 3 is 2.57 bits per heavy atom. The van der Waals surface area contributed by atoms with Crippen molar-refractivity contribution in [3.8, 4) is 0 Å². The van der Waals surface area contributed by atoms with Crippen LogP contribution in [0.3, 0.4) is 0 Å².